The summed E-state index contributed by atoms with van der Waals surface area (Å²) in [6, 6.07) is 10.0. The van der Waals surface area contributed by atoms with Crippen molar-refractivity contribution in [3.63, 3.8) is 0 Å². The number of aliphatic hydroxyl groups is 1. The lowest BCUT2D eigenvalue weighted by atomic mass is 10.1. The first-order valence-electron chi connectivity index (χ1n) is 9.32. The van der Waals surface area contributed by atoms with Crippen LogP contribution in [0.2, 0.25) is 5.02 Å². The summed E-state index contributed by atoms with van der Waals surface area (Å²) >= 11 is 11.6. The summed E-state index contributed by atoms with van der Waals surface area (Å²) in [7, 11) is 1.46. The molecule has 1 amide bonds. The highest BCUT2D eigenvalue weighted by atomic mass is 35.5. The Morgan fingerprint density at radius 2 is 2.06 bits per heavy atom. The molecule has 0 fully saturated rings. The first kappa shape index (κ1) is 22.5. The lowest BCUT2D eigenvalue weighted by molar-refractivity contribution is 0.0997. The van der Waals surface area contributed by atoms with Gasteiger partial charge in [-0.1, -0.05) is 11.6 Å². The molecule has 162 valence electrons. The number of ether oxygens (including phenoxy) is 2. The van der Waals surface area contributed by atoms with Gasteiger partial charge in [0.25, 0.3) is 5.91 Å². The largest absolute Gasteiger partial charge is 0.496 e. The van der Waals surface area contributed by atoms with Crippen molar-refractivity contribution in [1.82, 2.24) is 10.3 Å². The minimum Gasteiger partial charge on any atom is -0.496 e. The number of carbonyl (C=O) groups is 1. The van der Waals surface area contributed by atoms with E-state index in [0.29, 0.717) is 56.9 Å². The van der Waals surface area contributed by atoms with E-state index in [4.69, 9.17) is 44.1 Å². The Morgan fingerprint density at radius 1 is 1.26 bits per heavy atom. The van der Waals surface area contributed by atoms with Gasteiger partial charge in [-0.3, -0.25) is 9.78 Å². The highest BCUT2D eigenvalue weighted by Gasteiger charge is 2.15. The van der Waals surface area contributed by atoms with Crippen LogP contribution in [0.3, 0.4) is 0 Å². The number of fused-ring (bicyclic) bond motifs is 1. The van der Waals surface area contributed by atoms with Crippen LogP contribution in [0.4, 0.5) is 5.69 Å². The third kappa shape index (κ3) is 5.52. The van der Waals surface area contributed by atoms with Crippen molar-refractivity contribution < 1.29 is 19.4 Å². The molecule has 0 aliphatic carbocycles. The Morgan fingerprint density at radius 3 is 2.74 bits per heavy atom. The van der Waals surface area contributed by atoms with Gasteiger partial charge in [0.15, 0.2) is 5.11 Å². The third-order valence-electron chi connectivity index (χ3n) is 4.33. The molecule has 0 spiro atoms. The molecule has 0 bridgehead atoms. The number of nitrogens with one attached hydrogen (secondary N) is 2. The maximum atomic E-state index is 11.8. The number of nitrogens with zero attached hydrogens (tertiary/aromatic N) is 1. The predicted octanol–water partition coefficient (Wildman–Crippen LogP) is 3.46. The second kappa shape index (κ2) is 10.3. The summed E-state index contributed by atoms with van der Waals surface area (Å²) in [6.45, 7) is 0.633. The number of anilines is 1. The Balaban J connectivity index is 1.84. The van der Waals surface area contributed by atoms with Gasteiger partial charge in [-0.2, -0.15) is 0 Å². The van der Waals surface area contributed by atoms with Gasteiger partial charge in [0.1, 0.15) is 17.2 Å². The van der Waals surface area contributed by atoms with Gasteiger partial charge in [-0.15, -0.1) is 0 Å². The standard InChI is InChI=1S/C21H21ClN4O4S/c1-29-19-11-17-13(10-14(19)20(23)28)18(5-7-24-17)30-12-3-4-16(15(22)9-12)26-21(31)25-6-2-8-27/h3-5,7,9-11,27H,2,6,8H2,1H3,(H2,23,28)(H2,25,26,31). The van der Waals surface area contributed by atoms with Crippen molar-refractivity contribution in [2.45, 2.75) is 6.42 Å². The van der Waals surface area contributed by atoms with Crippen LogP contribution in [0.5, 0.6) is 17.2 Å². The van der Waals surface area contributed by atoms with Gasteiger partial charge >= 0.3 is 0 Å². The molecular formula is C21H21ClN4O4S. The average Bonchev–Trinajstić information content (AvgIpc) is 2.75. The van der Waals surface area contributed by atoms with Crippen molar-refractivity contribution in [3.05, 3.63) is 53.2 Å². The van der Waals surface area contributed by atoms with E-state index in [-0.39, 0.29) is 12.2 Å². The van der Waals surface area contributed by atoms with Gasteiger partial charge in [-0.05, 0) is 42.9 Å². The molecule has 0 unspecified atom stereocenters. The topological polar surface area (TPSA) is 119 Å². The number of hydrogen-bond donors (Lipinski definition) is 4. The molecule has 0 aliphatic heterocycles. The van der Waals surface area contributed by atoms with E-state index in [1.165, 1.54) is 7.11 Å². The fourth-order valence-electron chi connectivity index (χ4n) is 2.83. The van der Waals surface area contributed by atoms with E-state index in [2.05, 4.69) is 15.6 Å². The zero-order valence-electron chi connectivity index (χ0n) is 16.6. The second-order valence-corrected chi connectivity index (χ2v) is 7.26. The van der Waals surface area contributed by atoms with Crippen LogP contribution in [0.15, 0.2) is 42.6 Å². The minimum atomic E-state index is -0.615. The summed E-state index contributed by atoms with van der Waals surface area (Å²) < 4.78 is 11.2. The zero-order valence-corrected chi connectivity index (χ0v) is 18.2. The monoisotopic (exact) mass is 460 g/mol. The quantitative estimate of drug-likeness (QED) is 0.298. The lowest BCUT2D eigenvalue weighted by Crippen LogP contribution is -2.29. The number of aromatic nitrogens is 1. The molecule has 3 aromatic rings. The van der Waals surface area contributed by atoms with Crippen LogP contribution < -0.4 is 25.8 Å². The maximum Gasteiger partial charge on any atom is 0.252 e. The van der Waals surface area contributed by atoms with Crippen molar-refractivity contribution in [3.8, 4) is 17.2 Å². The minimum absolute atomic E-state index is 0.0831. The number of hydrogen-bond acceptors (Lipinski definition) is 6. The van der Waals surface area contributed by atoms with E-state index in [0.717, 1.165) is 0 Å². The number of pyridine rings is 1. The van der Waals surface area contributed by atoms with Crippen LogP contribution in [0, 0.1) is 0 Å². The van der Waals surface area contributed by atoms with Crippen LogP contribution in [-0.2, 0) is 0 Å². The number of nitrogens with two attached hydrogens (primary N) is 1. The molecular weight excluding hydrogens is 440 g/mol. The molecule has 1 heterocycles. The molecule has 3 rings (SSSR count). The molecule has 0 atom stereocenters. The summed E-state index contributed by atoms with van der Waals surface area (Å²) in [5.41, 5.74) is 6.89. The summed E-state index contributed by atoms with van der Waals surface area (Å²) in [5.74, 6) is 0.689. The highest BCUT2D eigenvalue weighted by Crippen LogP contribution is 2.35. The zero-order chi connectivity index (χ0) is 22.4. The number of benzene rings is 2. The smallest absolute Gasteiger partial charge is 0.252 e. The number of aliphatic hydroxyl groups excluding tert-OH is 1. The van der Waals surface area contributed by atoms with Crippen molar-refractivity contribution in [2.75, 3.05) is 25.6 Å². The fourth-order valence-corrected chi connectivity index (χ4v) is 3.26. The molecule has 0 saturated heterocycles. The first-order chi connectivity index (χ1) is 14.9. The lowest BCUT2D eigenvalue weighted by Gasteiger charge is -2.14. The van der Waals surface area contributed by atoms with E-state index >= 15 is 0 Å². The number of methoxy groups -OCH3 is 1. The first-order valence-corrected chi connectivity index (χ1v) is 10.1. The summed E-state index contributed by atoms with van der Waals surface area (Å²) in [5, 5.41) is 16.2. The molecule has 0 aliphatic rings. The van der Waals surface area contributed by atoms with Gasteiger partial charge in [0, 0.05) is 36.9 Å². The van der Waals surface area contributed by atoms with Crippen LogP contribution in [0.1, 0.15) is 16.8 Å². The number of primary amides is 1. The molecule has 0 radical (unpaired) electrons. The Hall–Kier alpha value is -3.14. The van der Waals surface area contributed by atoms with Crippen molar-refractivity contribution in [2.24, 2.45) is 5.73 Å². The number of thiocarbonyl (C=S) groups is 1. The Kier molecular flexibility index (Phi) is 7.45. The molecule has 2 aromatic carbocycles. The van der Waals surface area contributed by atoms with Gasteiger partial charge < -0.3 is 30.9 Å². The average molecular weight is 461 g/mol. The second-order valence-electron chi connectivity index (χ2n) is 6.44. The molecule has 10 heteroatoms. The van der Waals surface area contributed by atoms with E-state index in [1.807, 2.05) is 0 Å². The number of rotatable bonds is 8. The van der Waals surface area contributed by atoms with Crippen LogP contribution in [-0.4, -0.2) is 41.4 Å². The highest BCUT2D eigenvalue weighted by molar-refractivity contribution is 7.80. The normalized spacial score (nSPS) is 10.5. The van der Waals surface area contributed by atoms with Crippen LogP contribution >= 0.6 is 23.8 Å². The maximum absolute atomic E-state index is 11.8. The Bertz CT molecular complexity index is 1130. The van der Waals surface area contributed by atoms with Crippen molar-refractivity contribution in [1.29, 1.82) is 0 Å². The summed E-state index contributed by atoms with van der Waals surface area (Å²) in [6.07, 6.45) is 2.18. The third-order valence-corrected chi connectivity index (χ3v) is 4.88. The number of amides is 1. The van der Waals surface area contributed by atoms with Gasteiger partial charge in [0.2, 0.25) is 0 Å². The summed E-state index contributed by atoms with van der Waals surface area (Å²) in [4.78, 5) is 16.1. The molecule has 1 aromatic heterocycles. The van der Waals surface area contributed by atoms with Crippen molar-refractivity contribution >= 4 is 51.4 Å². The van der Waals surface area contributed by atoms with E-state index in [9.17, 15) is 4.79 Å². The van der Waals surface area contributed by atoms with Gasteiger partial charge in [-0.25, -0.2) is 0 Å². The fraction of sp³-hybridized carbons (Fsp3) is 0.190. The molecule has 5 N–H and O–H groups in total. The van der Waals surface area contributed by atoms with E-state index < -0.39 is 5.91 Å². The van der Waals surface area contributed by atoms with Gasteiger partial charge in [0.05, 0.1) is 28.9 Å². The molecule has 8 nitrogen and oxygen atoms in total. The van der Waals surface area contributed by atoms with E-state index in [1.54, 1.807) is 42.6 Å². The Labute approximate surface area is 189 Å². The number of halogens is 1. The predicted molar refractivity (Wildman–Crippen MR) is 124 cm³/mol. The molecule has 31 heavy (non-hydrogen) atoms. The number of carbonyl (C=O) groups excluding carboxylic acids is 1. The SMILES string of the molecule is COc1cc2nccc(Oc3ccc(NC(=S)NCCCO)c(Cl)c3)c2cc1C(N)=O. The van der Waals surface area contributed by atoms with Crippen LogP contribution in [0.25, 0.3) is 10.9 Å². The molecule has 0 saturated carbocycles.